The average Bonchev–Trinajstić information content (AvgIpc) is 2.86. The summed E-state index contributed by atoms with van der Waals surface area (Å²) < 4.78 is 0. The van der Waals surface area contributed by atoms with Crippen LogP contribution in [0.5, 0.6) is 0 Å². The Morgan fingerprint density at radius 3 is 2.72 bits per heavy atom. The third-order valence-electron chi connectivity index (χ3n) is 4.91. The summed E-state index contributed by atoms with van der Waals surface area (Å²) in [6, 6.07) is 9.80. The topological polar surface area (TPSA) is 75.1 Å². The van der Waals surface area contributed by atoms with Crippen LogP contribution < -0.4 is 5.32 Å². The number of hydrogen-bond donors (Lipinski definition) is 2. The first-order valence-corrected chi connectivity index (χ1v) is 10.0. The zero-order valence-corrected chi connectivity index (χ0v) is 16.9. The maximum absolute atomic E-state index is 12.1. The number of nitrogens with zero attached hydrogens (tertiary/aromatic N) is 2. The lowest BCUT2D eigenvalue weighted by Gasteiger charge is -2.20. The second kappa shape index (κ2) is 9.82. The minimum Gasteiger partial charge on any atom is -0.481 e. The highest BCUT2D eigenvalue weighted by molar-refractivity contribution is 5.83. The Balaban J connectivity index is 2.21. The fourth-order valence-electron chi connectivity index (χ4n) is 3.52. The molecule has 1 atom stereocenters. The SMILES string of the molecule is CCCC(C(=O)O)c1c(C)nc(-c2ccccc2)nc1C1=C/CN/C=C\C/C=C\1. The number of aromatic nitrogens is 2. The highest BCUT2D eigenvalue weighted by Crippen LogP contribution is 2.33. The molecule has 1 unspecified atom stereocenters. The fraction of sp³-hybridized carbons (Fsp3) is 0.292. The van der Waals surface area contributed by atoms with Gasteiger partial charge in [-0.25, -0.2) is 9.97 Å². The molecule has 5 heteroatoms. The number of rotatable bonds is 6. The van der Waals surface area contributed by atoms with Crippen LogP contribution in [0.1, 0.15) is 49.1 Å². The van der Waals surface area contributed by atoms with Crippen LogP contribution >= 0.6 is 0 Å². The number of carbonyl (C=O) groups is 1. The predicted octanol–water partition coefficient (Wildman–Crippen LogP) is 4.87. The first kappa shape index (κ1) is 20.5. The Labute approximate surface area is 171 Å². The van der Waals surface area contributed by atoms with Crippen LogP contribution in [0, 0.1) is 6.92 Å². The van der Waals surface area contributed by atoms with Crippen molar-refractivity contribution in [3.05, 3.63) is 77.8 Å². The maximum atomic E-state index is 12.1. The standard InChI is InChI=1S/C24H27N3O2/c1-3-10-20(24(28)29)21-17(2)26-23(19-12-6-4-7-13-19)27-22(21)18-11-8-5-9-15-25-16-14-18/h4,6-9,11-15,20,25H,3,5,10,16H2,1-2H3,(H,28,29)/b11-8-,15-9-,18-14+. The summed E-state index contributed by atoms with van der Waals surface area (Å²) in [5.41, 5.74) is 3.97. The van der Waals surface area contributed by atoms with E-state index in [1.165, 1.54) is 0 Å². The van der Waals surface area contributed by atoms with Gasteiger partial charge in [-0.2, -0.15) is 0 Å². The summed E-state index contributed by atoms with van der Waals surface area (Å²) in [6.45, 7) is 4.53. The highest BCUT2D eigenvalue weighted by atomic mass is 16.4. The highest BCUT2D eigenvalue weighted by Gasteiger charge is 2.27. The first-order valence-electron chi connectivity index (χ1n) is 10.0. The van der Waals surface area contributed by atoms with Crippen LogP contribution in [0.25, 0.3) is 17.0 Å². The van der Waals surface area contributed by atoms with E-state index < -0.39 is 11.9 Å². The summed E-state index contributed by atoms with van der Waals surface area (Å²) in [7, 11) is 0. The lowest BCUT2D eigenvalue weighted by Crippen LogP contribution is -2.17. The lowest BCUT2D eigenvalue weighted by atomic mass is 9.89. The van der Waals surface area contributed by atoms with Gasteiger partial charge in [-0.3, -0.25) is 4.79 Å². The van der Waals surface area contributed by atoms with Crippen LogP contribution in [-0.2, 0) is 4.79 Å². The van der Waals surface area contributed by atoms with Gasteiger partial charge in [-0.05, 0) is 31.5 Å². The molecule has 0 bridgehead atoms. The lowest BCUT2D eigenvalue weighted by molar-refractivity contribution is -0.139. The number of carboxylic acid groups (broad SMARTS) is 1. The molecule has 2 aromatic rings. The molecule has 0 radical (unpaired) electrons. The van der Waals surface area contributed by atoms with E-state index in [0.29, 0.717) is 30.0 Å². The van der Waals surface area contributed by atoms with Crippen molar-refractivity contribution in [1.29, 1.82) is 0 Å². The minimum atomic E-state index is -0.834. The molecule has 3 rings (SSSR count). The van der Waals surface area contributed by atoms with Crippen molar-refractivity contribution in [2.24, 2.45) is 0 Å². The van der Waals surface area contributed by atoms with Crippen LogP contribution in [0.4, 0.5) is 0 Å². The number of aliphatic carboxylic acids is 1. The van der Waals surface area contributed by atoms with E-state index in [4.69, 9.17) is 9.97 Å². The van der Waals surface area contributed by atoms with E-state index in [1.807, 2.05) is 62.5 Å². The summed E-state index contributed by atoms with van der Waals surface area (Å²) >= 11 is 0. The van der Waals surface area contributed by atoms with Crippen molar-refractivity contribution in [2.45, 2.75) is 39.0 Å². The van der Waals surface area contributed by atoms with Crippen LogP contribution in [0.15, 0.2) is 60.8 Å². The number of hydrogen-bond acceptors (Lipinski definition) is 4. The van der Waals surface area contributed by atoms with E-state index in [2.05, 4.69) is 17.5 Å². The second-order valence-electron chi connectivity index (χ2n) is 7.05. The fourth-order valence-corrected chi connectivity index (χ4v) is 3.52. The van der Waals surface area contributed by atoms with Crippen molar-refractivity contribution in [3.8, 4) is 11.4 Å². The third kappa shape index (κ3) is 4.99. The molecular weight excluding hydrogens is 362 g/mol. The van der Waals surface area contributed by atoms with Gasteiger partial charge in [0.25, 0.3) is 0 Å². The first-order chi connectivity index (χ1) is 14.1. The monoisotopic (exact) mass is 389 g/mol. The van der Waals surface area contributed by atoms with Crippen molar-refractivity contribution in [2.75, 3.05) is 6.54 Å². The molecule has 5 nitrogen and oxygen atoms in total. The third-order valence-corrected chi connectivity index (χ3v) is 4.91. The number of carboxylic acids is 1. The predicted molar refractivity (Wildman–Crippen MR) is 116 cm³/mol. The quantitative estimate of drug-likeness (QED) is 0.737. The molecule has 1 aliphatic rings. The molecule has 0 saturated heterocycles. The van der Waals surface area contributed by atoms with E-state index in [0.717, 1.165) is 29.7 Å². The number of aryl methyl sites for hydroxylation is 1. The largest absolute Gasteiger partial charge is 0.481 e. The molecule has 1 aromatic carbocycles. The van der Waals surface area contributed by atoms with Gasteiger partial charge in [-0.1, -0.05) is 68.0 Å². The Bertz CT molecular complexity index is 946. The summed E-state index contributed by atoms with van der Waals surface area (Å²) in [6.07, 6.45) is 12.2. The molecule has 2 N–H and O–H groups in total. The summed E-state index contributed by atoms with van der Waals surface area (Å²) in [4.78, 5) is 21.7. The van der Waals surface area contributed by atoms with Gasteiger partial charge >= 0.3 is 5.97 Å². The van der Waals surface area contributed by atoms with E-state index in [1.54, 1.807) is 0 Å². The molecule has 0 fully saturated rings. The number of allylic oxidation sites excluding steroid dienone is 4. The van der Waals surface area contributed by atoms with Gasteiger partial charge in [-0.15, -0.1) is 0 Å². The molecule has 0 amide bonds. The molecule has 1 aliphatic heterocycles. The molecule has 2 heterocycles. The van der Waals surface area contributed by atoms with E-state index in [-0.39, 0.29) is 0 Å². The van der Waals surface area contributed by atoms with Crippen molar-refractivity contribution < 1.29 is 9.90 Å². The molecule has 1 aromatic heterocycles. The van der Waals surface area contributed by atoms with Gasteiger partial charge < -0.3 is 10.4 Å². The molecule has 0 saturated carbocycles. The smallest absolute Gasteiger partial charge is 0.311 e. The average molecular weight is 389 g/mol. The molecule has 29 heavy (non-hydrogen) atoms. The van der Waals surface area contributed by atoms with Gasteiger partial charge in [0, 0.05) is 23.4 Å². The van der Waals surface area contributed by atoms with Crippen molar-refractivity contribution >= 4 is 11.5 Å². The van der Waals surface area contributed by atoms with E-state index in [9.17, 15) is 9.90 Å². The van der Waals surface area contributed by atoms with Gasteiger partial charge in [0.2, 0.25) is 0 Å². The van der Waals surface area contributed by atoms with Crippen molar-refractivity contribution in [1.82, 2.24) is 15.3 Å². The Kier molecular flexibility index (Phi) is 6.95. The Morgan fingerprint density at radius 1 is 1.21 bits per heavy atom. The molecular formula is C24H27N3O2. The summed E-state index contributed by atoms with van der Waals surface area (Å²) in [5, 5.41) is 13.1. The second-order valence-corrected chi connectivity index (χ2v) is 7.05. The van der Waals surface area contributed by atoms with Gasteiger partial charge in [0.05, 0.1) is 11.6 Å². The minimum absolute atomic E-state index is 0.550. The molecule has 0 spiro atoms. The van der Waals surface area contributed by atoms with Crippen molar-refractivity contribution in [3.63, 3.8) is 0 Å². The zero-order valence-electron chi connectivity index (χ0n) is 16.9. The van der Waals surface area contributed by atoms with Crippen LogP contribution in [0.2, 0.25) is 0 Å². The number of nitrogens with one attached hydrogen (secondary N) is 1. The maximum Gasteiger partial charge on any atom is 0.311 e. The Hall–Kier alpha value is -3.21. The number of benzene rings is 1. The zero-order chi connectivity index (χ0) is 20.6. The normalized spacial score (nSPS) is 18.9. The van der Waals surface area contributed by atoms with E-state index >= 15 is 0 Å². The molecule has 0 aliphatic carbocycles. The Morgan fingerprint density at radius 2 is 2.00 bits per heavy atom. The van der Waals surface area contributed by atoms with Crippen LogP contribution in [0.3, 0.4) is 0 Å². The van der Waals surface area contributed by atoms with Crippen LogP contribution in [-0.4, -0.2) is 27.6 Å². The summed E-state index contributed by atoms with van der Waals surface area (Å²) in [5.74, 6) is -0.852. The van der Waals surface area contributed by atoms with Gasteiger partial charge in [0.15, 0.2) is 5.82 Å². The van der Waals surface area contributed by atoms with Gasteiger partial charge in [0.1, 0.15) is 0 Å². The molecule has 150 valence electrons.